The van der Waals surface area contributed by atoms with Gasteiger partial charge in [-0.3, -0.25) is 9.59 Å². The second kappa shape index (κ2) is 10.0. The van der Waals surface area contributed by atoms with Gasteiger partial charge in [-0.1, -0.05) is 18.2 Å². The van der Waals surface area contributed by atoms with Gasteiger partial charge in [-0.25, -0.2) is 0 Å². The Hall–Kier alpha value is -2.12. The van der Waals surface area contributed by atoms with Gasteiger partial charge in [0.15, 0.2) is 0 Å². The number of piperazine rings is 1. The molecule has 1 saturated heterocycles. The summed E-state index contributed by atoms with van der Waals surface area (Å²) in [6, 6.07) is 10.2. The number of rotatable bonds is 8. The van der Waals surface area contributed by atoms with Crippen LogP contribution in [-0.4, -0.2) is 69.2 Å². The van der Waals surface area contributed by atoms with Crippen LogP contribution in [0.3, 0.4) is 0 Å². The summed E-state index contributed by atoms with van der Waals surface area (Å²) in [6.45, 7) is 3.72. The number of carbonyl (C=O) groups is 2. The van der Waals surface area contributed by atoms with Crippen molar-refractivity contribution in [3.05, 3.63) is 30.3 Å². The van der Waals surface area contributed by atoms with Crippen LogP contribution >= 0.6 is 0 Å². The van der Waals surface area contributed by atoms with E-state index in [-0.39, 0.29) is 24.3 Å². The van der Waals surface area contributed by atoms with Crippen LogP contribution in [0, 0.1) is 0 Å². The summed E-state index contributed by atoms with van der Waals surface area (Å²) in [7, 11) is 1.53. The lowest BCUT2D eigenvalue weighted by molar-refractivity contribution is -0.131. The lowest BCUT2D eigenvalue weighted by Gasteiger charge is -2.36. The molecule has 1 heterocycles. The highest BCUT2D eigenvalue weighted by atomic mass is 16.5. The molecule has 3 N–H and O–H groups in total. The summed E-state index contributed by atoms with van der Waals surface area (Å²) in [4.78, 5) is 28.2. The Morgan fingerprint density at radius 2 is 1.88 bits per heavy atom. The molecule has 1 unspecified atom stereocenters. The van der Waals surface area contributed by atoms with Crippen molar-refractivity contribution in [1.82, 2.24) is 10.2 Å². The molecule has 7 heteroatoms. The van der Waals surface area contributed by atoms with Crippen molar-refractivity contribution in [2.24, 2.45) is 5.73 Å². The number of hydrogen-bond acceptors (Lipinski definition) is 5. The van der Waals surface area contributed by atoms with E-state index in [4.69, 9.17) is 10.5 Å². The first-order chi connectivity index (χ1) is 12.1. The van der Waals surface area contributed by atoms with E-state index in [9.17, 15) is 9.59 Å². The van der Waals surface area contributed by atoms with E-state index in [1.54, 1.807) is 0 Å². The van der Waals surface area contributed by atoms with Gasteiger partial charge < -0.3 is 25.6 Å². The molecule has 0 saturated carbocycles. The van der Waals surface area contributed by atoms with Crippen molar-refractivity contribution < 1.29 is 14.3 Å². The molecule has 1 aromatic carbocycles. The topological polar surface area (TPSA) is 87.9 Å². The molecule has 0 spiro atoms. The Morgan fingerprint density at radius 3 is 2.48 bits per heavy atom. The molecule has 1 aromatic rings. The van der Waals surface area contributed by atoms with Crippen molar-refractivity contribution >= 4 is 17.5 Å². The van der Waals surface area contributed by atoms with E-state index in [0.29, 0.717) is 32.6 Å². The van der Waals surface area contributed by atoms with Gasteiger partial charge in [-0.2, -0.15) is 0 Å². The lowest BCUT2D eigenvalue weighted by Crippen LogP contribution is -2.49. The molecule has 1 atom stereocenters. The van der Waals surface area contributed by atoms with E-state index in [2.05, 4.69) is 22.3 Å². The zero-order chi connectivity index (χ0) is 18.1. The summed E-state index contributed by atoms with van der Waals surface area (Å²) in [5.41, 5.74) is 6.68. The monoisotopic (exact) mass is 348 g/mol. The largest absolute Gasteiger partial charge is 0.380 e. The predicted molar refractivity (Wildman–Crippen MR) is 97.3 cm³/mol. The van der Waals surface area contributed by atoms with Gasteiger partial charge in [0.1, 0.15) is 0 Å². The van der Waals surface area contributed by atoms with Crippen LogP contribution in [0.5, 0.6) is 0 Å². The van der Waals surface area contributed by atoms with E-state index >= 15 is 0 Å². The second-order valence-electron chi connectivity index (χ2n) is 6.10. The molecule has 138 valence electrons. The predicted octanol–water partition coefficient (Wildman–Crippen LogP) is 0.205. The van der Waals surface area contributed by atoms with Gasteiger partial charge in [0, 0.05) is 58.5 Å². The van der Waals surface area contributed by atoms with Gasteiger partial charge in [0.05, 0.1) is 12.5 Å². The number of nitrogens with zero attached hydrogens (tertiary/aromatic N) is 2. The van der Waals surface area contributed by atoms with Gasteiger partial charge >= 0.3 is 0 Å². The normalized spacial score (nSPS) is 15.8. The maximum Gasteiger partial charge on any atom is 0.224 e. The standard InChI is InChI=1S/C18H28N4O3/c1-25-16(14-19)13-17(23)20-8-7-18(24)22-11-9-21(10-12-22)15-5-3-2-4-6-15/h2-6,16H,7-14,19H2,1H3,(H,20,23). The first kappa shape index (κ1) is 19.2. The van der Waals surface area contributed by atoms with Gasteiger partial charge in [0.2, 0.25) is 11.8 Å². The number of amides is 2. The number of para-hydroxylation sites is 1. The first-order valence-electron chi connectivity index (χ1n) is 8.71. The Kier molecular flexibility index (Phi) is 7.69. The van der Waals surface area contributed by atoms with E-state index < -0.39 is 0 Å². The number of nitrogens with two attached hydrogens (primary N) is 1. The minimum Gasteiger partial charge on any atom is -0.380 e. The average Bonchev–Trinajstić information content (AvgIpc) is 2.66. The zero-order valence-electron chi connectivity index (χ0n) is 14.8. The van der Waals surface area contributed by atoms with Crippen molar-refractivity contribution in [2.75, 3.05) is 51.3 Å². The summed E-state index contributed by atoms with van der Waals surface area (Å²) in [5, 5.41) is 2.75. The maximum atomic E-state index is 12.3. The van der Waals surface area contributed by atoms with Crippen LogP contribution < -0.4 is 16.0 Å². The summed E-state index contributed by atoms with van der Waals surface area (Å²) in [5.74, 6) is -0.0610. The Morgan fingerprint density at radius 1 is 1.20 bits per heavy atom. The molecule has 0 aromatic heterocycles. The van der Waals surface area contributed by atoms with E-state index in [1.165, 1.54) is 12.8 Å². The Bertz CT molecular complexity index is 541. The van der Waals surface area contributed by atoms with Crippen molar-refractivity contribution in [2.45, 2.75) is 18.9 Å². The van der Waals surface area contributed by atoms with Crippen molar-refractivity contribution in [3.63, 3.8) is 0 Å². The first-order valence-corrected chi connectivity index (χ1v) is 8.71. The number of methoxy groups -OCH3 is 1. The third kappa shape index (κ3) is 6.03. The second-order valence-corrected chi connectivity index (χ2v) is 6.10. The number of ether oxygens (including phenoxy) is 1. The molecule has 7 nitrogen and oxygen atoms in total. The number of nitrogens with one attached hydrogen (secondary N) is 1. The number of benzene rings is 1. The molecule has 1 fully saturated rings. The van der Waals surface area contributed by atoms with Crippen LogP contribution in [0.2, 0.25) is 0 Å². The van der Waals surface area contributed by atoms with Gasteiger partial charge in [-0.05, 0) is 12.1 Å². The molecule has 0 radical (unpaired) electrons. The van der Waals surface area contributed by atoms with Crippen LogP contribution in [0.15, 0.2) is 30.3 Å². The molecule has 2 rings (SSSR count). The van der Waals surface area contributed by atoms with Crippen LogP contribution in [0.1, 0.15) is 12.8 Å². The highest BCUT2D eigenvalue weighted by Crippen LogP contribution is 2.15. The third-order valence-corrected chi connectivity index (χ3v) is 4.42. The minimum atomic E-state index is -0.276. The van der Waals surface area contributed by atoms with Crippen LogP contribution in [0.25, 0.3) is 0 Å². The molecule has 2 amide bonds. The maximum absolute atomic E-state index is 12.3. The fourth-order valence-corrected chi connectivity index (χ4v) is 2.86. The van der Waals surface area contributed by atoms with Crippen molar-refractivity contribution in [3.8, 4) is 0 Å². The fourth-order valence-electron chi connectivity index (χ4n) is 2.86. The van der Waals surface area contributed by atoms with Crippen LogP contribution in [-0.2, 0) is 14.3 Å². The van der Waals surface area contributed by atoms with Gasteiger partial charge in [-0.15, -0.1) is 0 Å². The zero-order valence-corrected chi connectivity index (χ0v) is 14.8. The Labute approximate surface area is 149 Å². The number of carbonyl (C=O) groups excluding carboxylic acids is 2. The summed E-state index contributed by atoms with van der Waals surface area (Å²) >= 11 is 0. The molecule has 1 aliphatic rings. The highest BCUT2D eigenvalue weighted by molar-refractivity contribution is 5.79. The third-order valence-electron chi connectivity index (χ3n) is 4.42. The molecule has 0 bridgehead atoms. The van der Waals surface area contributed by atoms with E-state index in [1.807, 2.05) is 23.1 Å². The summed E-state index contributed by atoms with van der Waals surface area (Å²) < 4.78 is 5.07. The number of hydrogen-bond donors (Lipinski definition) is 2. The molecule has 1 aliphatic heterocycles. The van der Waals surface area contributed by atoms with Crippen molar-refractivity contribution in [1.29, 1.82) is 0 Å². The highest BCUT2D eigenvalue weighted by Gasteiger charge is 2.21. The minimum absolute atomic E-state index is 0.0788. The molecular formula is C18H28N4O3. The van der Waals surface area contributed by atoms with Crippen LogP contribution in [0.4, 0.5) is 5.69 Å². The average molecular weight is 348 g/mol. The lowest BCUT2D eigenvalue weighted by atomic mass is 10.2. The molecule has 25 heavy (non-hydrogen) atoms. The smallest absolute Gasteiger partial charge is 0.224 e. The Balaban J connectivity index is 1.66. The number of anilines is 1. The summed E-state index contributed by atoms with van der Waals surface area (Å²) in [6.07, 6.45) is 0.260. The molecular weight excluding hydrogens is 320 g/mol. The van der Waals surface area contributed by atoms with E-state index in [0.717, 1.165) is 13.1 Å². The van der Waals surface area contributed by atoms with Gasteiger partial charge in [0.25, 0.3) is 0 Å². The molecule has 0 aliphatic carbocycles. The SMILES string of the molecule is COC(CN)CC(=O)NCCC(=O)N1CCN(c2ccccc2)CC1. The fraction of sp³-hybridized carbons (Fsp3) is 0.556. The quantitative estimate of drug-likeness (QED) is 0.701.